The van der Waals surface area contributed by atoms with E-state index in [4.69, 9.17) is 0 Å². The average molecular weight is 394 g/mol. The number of piperidine rings is 1. The molecule has 0 aromatic heterocycles. The minimum absolute atomic E-state index is 0.0771. The minimum atomic E-state index is -0.642. The van der Waals surface area contributed by atoms with E-state index in [1.165, 1.54) is 29.2 Å². The molecule has 0 saturated carbocycles. The van der Waals surface area contributed by atoms with Gasteiger partial charge in [-0.2, -0.15) is 0 Å². The number of aryl methyl sites for hydroxylation is 1. The van der Waals surface area contributed by atoms with Gasteiger partial charge in [0, 0.05) is 30.5 Å². The molecule has 0 spiro atoms. The van der Waals surface area contributed by atoms with Crippen molar-refractivity contribution in [1.82, 2.24) is 10.2 Å². The third kappa shape index (κ3) is 3.81. The first kappa shape index (κ1) is 19.0. The summed E-state index contributed by atoms with van der Waals surface area (Å²) < 4.78 is 13.0. The predicted octanol–water partition coefficient (Wildman–Crippen LogP) is 2.40. The molecule has 4 rings (SSSR count). The molecule has 1 N–H and O–H groups in total. The van der Waals surface area contributed by atoms with E-state index < -0.39 is 11.9 Å². The van der Waals surface area contributed by atoms with E-state index in [2.05, 4.69) is 5.32 Å². The molecular formula is C22H19FN2O4. The molecule has 1 saturated heterocycles. The van der Waals surface area contributed by atoms with Crippen molar-refractivity contribution in [2.75, 3.05) is 0 Å². The number of nitrogens with zero attached hydrogens (tertiary/aromatic N) is 1. The molecule has 0 aliphatic carbocycles. The normalized spacial score (nSPS) is 18.6. The maximum atomic E-state index is 13.0. The molecule has 2 aromatic carbocycles. The van der Waals surface area contributed by atoms with E-state index in [1.807, 2.05) is 12.1 Å². The first-order valence-corrected chi connectivity index (χ1v) is 9.47. The fraction of sp³-hybridized carbons (Fsp3) is 0.273. The van der Waals surface area contributed by atoms with Crippen molar-refractivity contribution in [3.63, 3.8) is 0 Å². The van der Waals surface area contributed by atoms with Crippen LogP contribution in [0.4, 0.5) is 4.39 Å². The highest BCUT2D eigenvalue weighted by atomic mass is 19.1. The number of carbonyl (C=O) groups excluding carboxylic acids is 4. The number of imide groups is 1. The molecule has 2 heterocycles. The van der Waals surface area contributed by atoms with Gasteiger partial charge in [-0.1, -0.05) is 12.1 Å². The van der Waals surface area contributed by atoms with Crippen LogP contribution in [0.1, 0.15) is 51.1 Å². The largest absolute Gasteiger partial charge is 0.322 e. The fourth-order valence-corrected chi connectivity index (χ4v) is 3.82. The smallest absolute Gasteiger partial charge is 0.255 e. The summed E-state index contributed by atoms with van der Waals surface area (Å²) in [5, 5.41) is 2.28. The Labute approximate surface area is 166 Å². The molecule has 0 radical (unpaired) electrons. The van der Waals surface area contributed by atoms with Crippen molar-refractivity contribution in [3.8, 4) is 0 Å². The fourth-order valence-electron chi connectivity index (χ4n) is 3.82. The third-order valence-corrected chi connectivity index (χ3v) is 5.39. The van der Waals surface area contributed by atoms with Gasteiger partial charge in [0.1, 0.15) is 11.9 Å². The van der Waals surface area contributed by atoms with Gasteiger partial charge in [-0.15, -0.1) is 0 Å². The number of fused-ring (bicyclic) bond motifs is 1. The zero-order valence-corrected chi connectivity index (χ0v) is 15.6. The van der Waals surface area contributed by atoms with E-state index in [0.717, 1.165) is 11.1 Å². The lowest BCUT2D eigenvalue weighted by Gasteiger charge is -2.29. The standard InChI is InChI=1S/C22H19FN2O4/c23-16-5-3-14(4-6-16)19(26)9-2-13-1-7-17-15(11-13)12-25(22(17)29)18-8-10-20(27)24-21(18)28/h1,3-7,11,18H,2,8-10,12H2,(H,24,27,28). The lowest BCUT2D eigenvalue weighted by Crippen LogP contribution is -2.52. The number of nitrogens with one attached hydrogen (secondary N) is 1. The van der Waals surface area contributed by atoms with Gasteiger partial charge in [0.05, 0.1) is 0 Å². The summed E-state index contributed by atoms with van der Waals surface area (Å²) in [4.78, 5) is 49.9. The summed E-state index contributed by atoms with van der Waals surface area (Å²) in [6, 6.07) is 10.2. The lowest BCUT2D eigenvalue weighted by molar-refractivity contribution is -0.136. The van der Waals surface area contributed by atoms with Crippen molar-refractivity contribution < 1.29 is 23.6 Å². The second-order valence-electron chi connectivity index (χ2n) is 7.32. The number of rotatable bonds is 5. The quantitative estimate of drug-likeness (QED) is 0.624. The molecule has 2 aromatic rings. The van der Waals surface area contributed by atoms with Crippen molar-refractivity contribution in [3.05, 3.63) is 70.5 Å². The highest BCUT2D eigenvalue weighted by Crippen LogP contribution is 2.28. The van der Waals surface area contributed by atoms with Crippen molar-refractivity contribution in [2.24, 2.45) is 0 Å². The molecule has 1 unspecified atom stereocenters. The first-order chi connectivity index (χ1) is 13.9. The Morgan fingerprint density at radius 1 is 1.10 bits per heavy atom. The molecule has 1 fully saturated rings. The van der Waals surface area contributed by atoms with E-state index in [1.54, 1.807) is 6.07 Å². The highest BCUT2D eigenvalue weighted by molar-refractivity contribution is 6.05. The topological polar surface area (TPSA) is 83.6 Å². The van der Waals surface area contributed by atoms with Gasteiger partial charge >= 0.3 is 0 Å². The average Bonchev–Trinajstić information content (AvgIpc) is 3.02. The van der Waals surface area contributed by atoms with E-state index >= 15 is 0 Å². The van der Waals surface area contributed by atoms with Crippen LogP contribution in [-0.4, -0.2) is 34.4 Å². The van der Waals surface area contributed by atoms with E-state index in [0.29, 0.717) is 30.5 Å². The number of ketones is 1. The van der Waals surface area contributed by atoms with Crippen LogP contribution in [0.2, 0.25) is 0 Å². The Kier molecular flexibility index (Phi) is 4.96. The van der Waals surface area contributed by atoms with Gasteiger partial charge in [-0.25, -0.2) is 4.39 Å². The van der Waals surface area contributed by atoms with Crippen LogP contribution < -0.4 is 5.32 Å². The van der Waals surface area contributed by atoms with Crippen LogP contribution >= 0.6 is 0 Å². The van der Waals surface area contributed by atoms with Gasteiger partial charge in [0.25, 0.3) is 5.91 Å². The monoisotopic (exact) mass is 394 g/mol. The first-order valence-electron chi connectivity index (χ1n) is 9.47. The number of amides is 3. The molecule has 0 bridgehead atoms. The van der Waals surface area contributed by atoms with Gasteiger partial charge in [0.2, 0.25) is 11.8 Å². The van der Waals surface area contributed by atoms with Crippen LogP contribution in [0.15, 0.2) is 42.5 Å². The Balaban J connectivity index is 1.43. The molecule has 7 heteroatoms. The van der Waals surface area contributed by atoms with Crippen molar-refractivity contribution >= 4 is 23.5 Å². The third-order valence-electron chi connectivity index (χ3n) is 5.39. The van der Waals surface area contributed by atoms with Crippen molar-refractivity contribution in [1.29, 1.82) is 0 Å². The van der Waals surface area contributed by atoms with Crippen LogP contribution in [0.3, 0.4) is 0 Å². The van der Waals surface area contributed by atoms with Gasteiger partial charge in [-0.05, 0) is 54.3 Å². The van der Waals surface area contributed by atoms with Gasteiger partial charge in [0.15, 0.2) is 5.78 Å². The Morgan fingerprint density at radius 3 is 2.59 bits per heavy atom. The Morgan fingerprint density at radius 2 is 1.86 bits per heavy atom. The summed E-state index contributed by atoms with van der Waals surface area (Å²) in [6.07, 6.45) is 1.31. The van der Waals surface area contributed by atoms with Crippen LogP contribution in [-0.2, 0) is 22.6 Å². The van der Waals surface area contributed by atoms with Crippen LogP contribution in [0.5, 0.6) is 0 Å². The lowest BCUT2D eigenvalue weighted by atomic mass is 10.00. The summed E-state index contributed by atoms with van der Waals surface area (Å²) in [5.41, 5.74) is 2.73. The van der Waals surface area contributed by atoms with Crippen LogP contribution in [0, 0.1) is 5.82 Å². The van der Waals surface area contributed by atoms with Crippen LogP contribution in [0.25, 0.3) is 0 Å². The SMILES string of the molecule is O=C1CCC(N2Cc3cc(CCC(=O)c4ccc(F)cc4)ccc3C2=O)C(=O)N1. The van der Waals surface area contributed by atoms with E-state index in [-0.39, 0.29) is 36.3 Å². The van der Waals surface area contributed by atoms with Gasteiger partial charge < -0.3 is 4.90 Å². The molecule has 6 nitrogen and oxygen atoms in total. The Bertz CT molecular complexity index is 1020. The highest BCUT2D eigenvalue weighted by Gasteiger charge is 2.39. The molecular weight excluding hydrogens is 375 g/mol. The molecule has 148 valence electrons. The molecule has 1 atom stereocenters. The number of hydrogen-bond donors (Lipinski definition) is 1. The molecule has 29 heavy (non-hydrogen) atoms. The summed E-state index contributed by atoms with van der Waals surface area (Å²) in [6.45, 7) is 0.306. The molecule has 2 aliphatic rings. The zero-order valence-electron chi connectivity index (χ0n) is 15.6. The summed E-state index contributed by atoms with van der Waals surface area (Å²) in [5.74, 6) is -1.43. The maximum absolute atomic E-state index is 13.0. The number of benzene rings is 2. The second-order valence-corrected chi connectivity index (χ2v) is 7.32. The number of halogens is 1. The summed E-state index contributed by atoms with van der Waals surface area (Å²) in [7, 11) is 0. The number of Topliss-reactive ketones (excluding diaryl/α,β-unsaturated/α-hetero) is 1. The maximum Gasteiger partial charge on any atom is 0.255 e. The Hall–Kier alpha value is -3.35. The summed E-state index contributed by atoms with van der Waals surface area (Å²) >= 11 is 0. The van der Waals surface area contributed by atoms with Gasteiger partial charge in [-0.3, -0.25) is 24.5 Å². The molecule has 3 amide bonds. The predicted molar refractivity (Wildman–Crippen MR) is 102 cm³/mol. The minimum Gasteiger partial charge on any atom is -0.322 e. The van der Waals surface area contributed by atoms with Crippen molar-refractivity contribution in [2.45, 2.75) is 38.3 Å². The number of carbonyl (C=O) groups is 4. The zero-order chi connectivity index (χ0) is 20.5. The number of hydrogen-bond acceptors (Lipinski definition) is 4. The molecule has 2 aliphatic heterocycles. The second kappa shape index (κ2) is 7.58. The van der Waals surface area contributed by atoms with E-state index in [9.17, 15) is 23.6 Å².